The van der Waals surface area contributed by atoms with Crippen LogP contribution in [0, 0.1) is 12.8 Å². The third-order valence-electron chi connectivity index (χ3n) is 3.88. The molecule has 1 fully saturated rings. The highest BCUT2D eigenvalue weighted by Gasteiger charge is 2.28. The monoisotopic (exact) mass is 303 g/mol. The molecule has 0 radical (unpaired) electrons. The summed E-state index contributed by atoms with van der Waals surface area (Å²) in [5.74, 6) is 0.499. The molecule has 0 spiro atoms. The Hall–Kier alpha value is -1.88. The molecule has 1 atom stereocenters. The SMILES string of the molecule is Cc1ccc(NC(=O)CN(C)CC(=O)N[C@H](C)C2CC2)cc1. The first kappa shape index (κ1) is 16.5. The number of amides is 2. The van der Waals surface area contributed by atoms with Gasteiger partial charge in [0.05, 0.1) is 13.1 Å². The van der Waals surface area contributed by atoms with E-state index in [-0.39, 0.29) is 30.9 Å². The van der Waals surface area contributed by atoms with E-state index in [4.69, 9.17) is 0 Å². The summed E-state index contributed by atoms with van der Waals surface area (Å²) >= 11 is 0. The molecule has 0 unspecified atom stereocenters. The van der Waals surface area contributed by atoms with Crippen molar-refractivity contribution in [3.8, 4) is 0 Å². The Labute approximate surface area is 132 Å². The Kier molecular flexibility index (Phi) is 5.55. The third kappa shape index (κ3) is 5.48. The quantitative estimate of drug-likeness (QED) is 0.807. The second-order valence-electron chi connectivity index (χ2n) is 6.28. The van der Waals surface area contributed by atoms with Crippen LogP contribution in [0.2, 0.25) is 0 Å². The molecule has 0 aliphatic heterocycles. The fourth-order valence-corrected chi connectivity index (χ4v) is 2.40. The van der Waals surface area contributed by atoms with Crippen LogP contribution >= 0.6 is 0 Å². The van der Waals surface area contributed by atoms with Crippen molar-refractivity contribution in [1.82, 2.24) is 10.2 Å². The summed E-state index contributed by atoms with van der Waals surface area (Å²) in [6.07, 6.45) is 2.41. The molecule has 5 heteroatoms. The Morgan fingerprint density at radius 2 is 1.77 bits per heavy atom. The fraction of sp³-hybridized carbons (Fsp3) is 0.529. The number of hydrogen-bond acceptors (Lipinski definition) is 3. The standard InChI is InChI=1S/C17H25N3O2/c1-12-4-8-15(9-5-12)19-17(22)11-20(3)10-16(21)18-13(2)14-6-7-14/h4-5,8-9,13-14H,6-7,10-11H2,1-3H3,(H,18,21)(H,19,22)/t13-/m1/s1. The Morgan fingerprint density at radius 1 is 1.18 bits per heavy atom. The highest BCUT2D eigenvalue weighted by molar-refractivity contribution is 5.92. The van der Waals surface area contributed by atoms with Crippen molar-refractivity contribution in [1.29, 1.82) is 0 Å². The maximum absolute atomic E-state index is 11.9. The number of benzene rings is 1. The van der Waals surface area contributed by atoms with Gasteiger partial charge in [0.15, 0.2) is 0 Å². The van der Waals surface area contributed by atoms with E-state index in [9.17, 15) is 9.59 Å². The molecule has 0 aromatic heterocycles. The molecule has 22 heavy (non-hydrogen) atoms. The van der Waals surface area contributed by atoms with E-state index in [0.29, 0.717) is 5.92 Å². The molecule has 1 aliphatic rings. The van der Waals surface area contributed by atoms with Gasteiger partial charge in [-0.15, -0.1) is 0 Å². The maximum Gasteiger partial charge on any atom is 0.238 e. The van der Waals surface area contributed by atoms with Gasteiger partial charge in [-0.1, -0.05) is 17.7 Å². The number of aryl methyl sites for hydroxylation is 1. The van der Waals surface area contributed by atoms with Gasteiger partial charge in [0.1, 0.15) is 0 Å². The number of nitrogens with one attached hydrogen (secondary N) is 2. The predicted molar refractivity (Wildman–Crippen MR) is 87.6 cm³/mol. The van der Waals surface area contributed by atoms with Crippen LogP contribution in [0.25, 0.3) is 0 Å². The lowest BCUT2D eigenvalue weighted by atomic mass is 10.2. The van der Waals surface area contributed by atoms with Gasteiger partial charge in [-0.2, -0.15) is 0 Å². The van der Waals surface area contributed by atoms with Crippen LogP contribution in [0.1, 0.15) is 25.3 Å². The summed E-state index contributed by atoms with van der Waals surface area (Å²) in [5.41, 5.74) is 1.92. The summed E-state index contributed by atoms with van der Waals surface area (Å²) < 4.78 is 0. The minimum absolute atomic E-state index is 0.0231. The highest BCUT2D eigenvalue weighted by Crippen LogP contribution is 2.32. The van der Waals surface area contributed by atoms with E-state index in [1.807, 2.05) is 38.1 Å². The average molecular weight is 303 g/mol. The first-order valence-corrected chi connectivity index (χ1v) is 7.78. The lowest BCUT2D eigenvalue weighted by Gasteiger charge is -2.18. The Morgan fingerprint density at radius 3 is 2.36 bits per heavy atom. The van der Waals surface area contributed by atoms with Crippen molar-refractivity contribution < 1.29 is 9.59 Å². The molecule has 5 nitrogen and oxygen atoms in total. The normalized spacial score (nSPS) is 15.5. The molecule has 1 aromatic rings. The minimum atomic E-state index is -0.116. The molecule has 0 bridgehead atoms. The number of rotatable bonds is 7. The van der Waals surface area contributed by atoms with Crippen molar-refractivity contribution >= 4 is 17.5 Å². The van der Waals surface area contributed by atoms with Crippen molar-refractivity contribution in [2.24, 2.45) is 5.92 Å². The molecule has 2 N–H and O–H groups in total. The Balaban J connectivity index is 1.71. The van der Waals surface area contributed by atoms with Crippen molar-refractivity contribution in [3.63, 3.8) is 0 Å². The number of carbonyl (C=O) groups is 2. The second kappa shape index (κ2) is 7.40. The van der Waals surface area contributed by atoms with E-state index < -0.39 is 0 Å². The molecule has 1 aromatic carbocycles. The zero-order valence-electron chi connectivity index (χ0n) is 13.6. The topological polar surface area (TPSA) is 61.4 Å². The van der Waals surface area contributed by atoms with Gasteiger partial charge in [0, 0.05) is 11.7 Å². The van der Waals surface area contributed by atoms with Crippen LogP contribution in [-0.4, -0.2) is 42.9 Å². The lowest BCUT2D eigenvalue weighted by molar-refractivity contribution is -0.123. The van der Waals surface area contributed by atoms with Crippen LogP contribution in [0.5, 0.6) is 0 Å². The van der Waals surface area contributed by atoms with Crippen LogP contribution in [0.15, 0.2) is 24.3 Å². The average Bonchev–Trinajstić information content (AvgIpc) is 3.25. The van der Waals surface area contributed by atoms with Crippen molar-refractivity contribution in [3.05, 3.63) is 29.8 Å². The smallest absolute Gasteiger partial charge is 0.238 e. The number of likely N-dealkylation sites (N-methyl/N-ethyl adjacent to an activating group) is 1. The molecule has 1 aliphatic carbocycles. The van der Waals surface area contributed by atoms with Crippen molar-refractivity contribution in [2.45, 2.75) is 32.7 Å². The fourth-order valence-electron chi connectivity index (χ4n) is 2.40. The summed E-state index contributed by atoms with van der Waals surface area (Å²) in [5, 5.41) is 5.82. The summed E-state index contributed by atoms with van der Waals surface area (Å²) in [7, 11) is 1.77. The zero-order valence-corrected chi connectivity index (χ0v) is 13.6. The van der Waals surface area contributed by atoms with Crippen LogP contribution in [-0.2, 0) is 9.59 Å². The lowest BCUT2D eigenvalue weighted by Crippen LogP contribution is -2.42. The largest absolute Gasteiger partial charge is 0.352 e. The predicted octanol–water partition coefficient (Wildman–Crippen LogP) is 1.78. The molecule has 1 saturated carbocycles. The summed E-state index contributed by atoms with van der Waals surface area (Å²) in [6.45, 7) is 4.47. The number of hydrogen-bond donors (Lipinski definition) is 2. The third-order valence-corrected chi connectivity index (χ3v) is 3.88. The van der Waals surface area contributed by atoms with Gasteiger partial charge in [0.2, 0.25) is 11.8 Å². The van der Waals surface area contributed by atoms with Crippen LogP contribution in [0.3, 0.4) is 0 Å². The van der Waals surface area contributed by atoms with Gasteiger partial charge >= 0.3 is 0 Å². The Bertz CT molecular complexity index is 523. The van der Waals surface area contributed by atoms with Crippen LogP contribution in [0.4, 0.5) is 5.69 Å². The van der Waals surface area contributed by atoms with E-state index in [0.717, 1.165) is 11.3 Å². The van der Waals surface area contributed by atoms with Gasteiger partial charge in [-0.05, 0) is 51.8 Å². The maximum atomic E-state index is 11.9. The van der Waals surface area contributed by atoms with Gasteiger partial charge in [-0.25, -0.2) is 0 Å². The minimum Gasteiger partial charge on any atom is -0.352 e. The first-order valence-electron chi connectivity index (χ1n) is 7.78. The molecule has 120 valence electrons. The number of anilines is 1. The van der Waals surface area contributed by atoms with E-state index >= 15 is 0 Å². The summed E-state index contributed by atoms with van der Waals surface area (Å²) in [4.78, 5) is 25.6. The van der Waals surface area contributed by atoms with Gasteiger partial charge in [0.25, 0.3) is 0 Å². The van der Waals surface area contributed by atoms with Gasteiger partial charge in [-0.3, -0.25) is 14.5 Å². The zero-order chi connectivity index (χ0) is 16.1. The molecule has 2 amide bonds. The number of nitrogens with zero attached hydrogens (tertiary/aromatic N) is 1. The molecular weight excluding hydrogens is 278 g/mol. The molecule has 0 saturated heterocycles. The van der Waals surface area contributed by atoms with E-state index in [2.05, 4.69) is 10.6 Å². The van der Waals surface area contributed by atoms with Crippen LogP contribution < -0.4 is 10.6 Å². The van der Waals surface area contributed by atoms with E-state index in [1.54, 1.807) is 11.9 Å². The summed E-state index contributed by atoms with van der Waals surface area (Å²) in [6, 6.07) is 7.88. The highest BCUT2D eigenvalue weighted by atomic mass is 16.2. The number of carbonyl (C=O) groups excluding carboxylic acids is 2. The molecular formula is C17H25N3O2. The second-order valence-corrected chi connectivity index (χ2v) is 6.28. The first-order chi connectivity index (χ1) is 10.4. The van der Waals surface area contributed by atoms with Crippen molar-refractivity contribution in [2.75, 3.05) is 25.5 Å². The van der Waals surface area contributed by atoms with E-state index in [1.165, 1.54) is 12.8 Å². The molecule has 2 rings (SSSR count). The van der Waals surface area contributed by atoms with Gasteiger partial charge < -0.3 is 10.6 Å². The molecule has 0 heterocycles.